The Hall–Kier alpha value is -4.96. The first-order valence-corrected chi connectivity index (χ1v) is 19.0. The van der Waals surface area contributed by atoms with E-state index in [1.54, 1.807) is 29.0 Å². The van der Waals surface area contributed by atoms with Crippen molar-refractivity contribution in [2.75, 3.05) is 18.0 Å². The number of carbonyl (C=O) groups is 2. The number of rotatable bonds is 8. The van der Waals surface area contributed by atoms with E-state index in [0.29, 0.717) is 61.4 Å². The number of hydrogen-bond donors (Lipinski definition) is 2. The average Bonchev–Trinajstić information content (AvgIpc) is 3.65. The molecule has 4 heterocycles. The maximum atomic E-state index is 14.7. The van der Waals surface area contributed by atoms with Crippen molar-refractivity contribution >= 4 is 28.7 Å². The van der Waals surface area contributed by atoms with Crippen molar-refractivity contribution in [2.24, 2.45) is 17.8 Å². The maximum Gasteiger partial charge on any atom is 0.434 e. The van der Waals surface area contributed by atoms with Crippen molar-refractivity contribution in [2.45, 2.75) is 101 Å². The van der Waals surface area contributed by atoms with Gasteiger partial charge in [-0.1, -0.05) is 6.92 Å². The molecule has 1 aliphatic heterocycles. The molecule has 8 rings (SSSR count). The van der Waals surface area contributed by atoms with Gasteiger partial charge in [-0.15, -0.1) is 0 Å². The van der Waals surface area contributed by atoms with Crippen LogP contribution in [0, 0.1) is 23.6 Å². The number of alkyl halides is 5. The van der Waals surface area contributed by atoms with Crippen LogP contribution in [0.2, 0.25) is 0 Å². The molecule has 298 valence electrons. The van der Waals surface area contributed by atoms with Gasteiger partial charge in [0.05, 0.1) is 23.5 Å². The lowest BCUT2D eigenvalue weighted by Gasteiger charge is -2.33. The summed E-state index contributed by atoms with van der Waals surface area (Å²) in [5.74, 6) is -5.45. The molecule has 4 unspecified atom stereocenters. The zero-order valence-corrected chi connectivity index (χ0v) is 30.5. The van der Waals surface area contributed by atoms with Gasteiger partial charge < -0.3 is 24.6 Å². The second-order valence-corrected chi connectivity index (χ2v) is 16.0. The van der Waals surface area contributed by atoms with Gasteiger partial charge in [0, 0.05) is 74.2 Å². The predicted octanol–water partition coefficient (Wildman–Crippen LogP) is 7.85. The Morgan fingerprint density at radius 2 is 1.70 bits per heavy atom. The second-order valence-electron chi connectivity index (χ2n) is 16.0. The van der Waals surface area contributed by atoms with E-state index in [1.807, 2.05) is 11.8 Å². The van der Waals surface area contributed by atoms with Crippen LogP contribution in [-0.2, 0) is 11.0 Å². The number of nitrogens with zero attached hydrogens (tertiary/aromatic N) is 6. The predicted molar refractivity (Wildman–Crippen MR) is 191 cm³/mol. The highest BCUT2D eigenvalue weighted by Gasteiger charge is 2.56. The fraction of sp³-hybridized carbons (Fsp3) is 0.538. The third-order valence-corrected chi connectivity index (χ3v) is 12.1. The Bertz CT molecular complexity index is 2130. The number of halogens is 6. The van der Waals surface area contributed by atoms with Crippen molar-refractivity contribution in [3.8, 4) is 17.1 Å². The molecule has 56 heavy (non-hydrogen) atoms. The molecular weight excluding hydrogens is 744 g/mol. The van der Waals surface area contributed by atoms with E-state index in [2.05, 4.69) is 25.3 Å². The molecule has 4 aromatic rings. The Morgan fingerprint density at radius 1 is 0.982 bits per heavy atom. The monoisotopic (exact) mass is 785 g/mol. The van der Waals surface area contributed by atoms with Crippen LogP contribution in [0.25, 0.3) is 22.3 Å². The first-order chi connectivity index (χ1) is 26.6. The number of hydrogen-bond acceptors (Lipinski definition) is 8. The van der Waals surface area contributed by atoms with Gasteiger partial charge in [0.1, 0.15) is 17.4 Å². The average molecular weight is 786 g/mol. The summed E-state index contributed by atoms with van der Waals surface area (Å²) in [5, 5.41) is 13.2. The largest absolute Gasteiger partial charge is 0.490 e. The minimum Gasteiger partial charge on any atom is -0.490 e. The number of benzene rings is 1. The molecule has 3 aromatic heterocycles. The first-order valence-electron chi connectivity index (χ1n) is 19.0. The van der Waals surface area contributed by atoms with Crippen molar-refractivity contribution in [3.63, 3.8) is 0 Å². The zero-order valence-electron chi connectivity index (χ0n) is 30.5. The Kier molecular flexibility index (Phi) is 9.62. The molecular formula is C39H41F6N7O4. The first kappa shape index (κ1) is 37.9. The van der Waals surface area contributed by atoms with E-state index in [9.17, 15) is 41.0 Å². The number of carboxylic acids is 1. The molecule has 0 spiro atoms. The van der Waals surface area contributed by atoms with Crippen molar-refractivity contribution in [1.82, 2.24) is 29.8 Å². The number of aromatic nitrogens is 5. The van der Waals surface area contributed by atoms with E-state index < -0.39 is 58.5 Å². The van der Waals surface area contributed by atoms with E-state index in [4.69, 9.17) is 4.74 Å². The molecule has 3 aliphatic carbocycles. The highest BCUT2D eigenvalue weighted by Crippen LogP contribution is 2.51. The van der Waals surface area contributed by atoms with E-state index >= 15 is 0 Å². The molecule has 1 aromatic carbocycles. The molecule has 0 radical (unpaired) electrons. The normalized spacial score (nSPS) is 25.7. The molecule has 2 bridgehead atoms. The summed E-state index contributed by atoms with van der Waals surface area (Å²) in [6.45, 7) is 3.11. The van der Waals surface area contributed by atoms with Gasteiger partial charge in [-0.25, -0.2) is 37.9 Å². The lowest BCUT2D eigenvalue weighted by Crippen LogP contribution is -2.57. The number of fused-ring (bicyclic) bond motifs is 3. The summed E-state index contributed by atoms with van der Waals surface area (Å²) in [6, 6.07) is 4.69. The number of carbonyl (C=O) groups excluding carboxylic acids is 1. The quantitative estimate of drug-likeness (QED) is 0.171. The summed E-state index contributed by atoms with van der Waals surface area (Å²) in [5.41, 5.74) is -3.36. The van der Waals surface area contributed by atoms with Crippen LogP contribution < -0.4 is 15.0 Å². The van der Waals surface area contributed by atoms with Gasteiger partial charge >= 0.3 is 12.1 Å². The minimum atomic E-state index is -5.10. The molecule has 1 amide bonds. The van der Waals surface area contributed by atoms with Crippen LogP contribution in [0.3, 0.4) is 0 Å². The Morgan fingerprint density at radius 3 is 2.38 bits per heavy atom. The molecule has 4 fully saturated rings. The van der Waals surface area contributed by atoms with Gasteiger partial charge in [0.2, 0.25) is 11.9 Å². The van der Waals surface area contributed by atoms with E-state index in [1.165, 1.54) is 0 Å². The summed E-state index contributed by atoms with van der Waals surface area (Å²) in [7, 11) is 0. The summed E-state index contributed by atoms with van der Waals surface area (Å²) >= 11 is 0. The number of carboxylic acid groups (broad SMARTS) is 1. The van der Waals surface area contributed by atoms with Gasteiger partial charge in [-0.3, -0.25) is 4.79 Å². The number of aliphatic carboxylic acids is 1. The molecule has 11 nitrogen and oxygen atoms in total. The van der Waals surface area contributed by atoms with Crippen LogP contribution in [0.1, 0.15) is 93.2 Å². The van der Waals surface area contributed by atoms with Crippen LogP contribution in [0.5, 0.6) is 5.75 Å². The number of anilines is 1. The molecule has 2 N–H and O–H groups in total. The lowest BCUT2D eigenvalue weighted by atomic mass is 9.78. The molecule has 1 saturated heterocycles. The van der Waals surface area contributed by atoms with Crippen molar-refractivity contribution in [3.05, 3.63) is 60.1 Å². The fourth-order valence-electron chi connectivity index (χ4n) is 9.49. The second kappa shape index (κ2) is 14.2. The van der Waals surface area contributed by atoms with Gasteiger partial charge in [0.15, 0.2) is 17.3 Å². The molecule has 4 atom stereocenters. The topological polar surface area (TPSA) is 135 Å². The highest BCUT2D eigenvalue weighted by molar-refractivity contribution is 6.00. The molecule has 4 aliphatic rings. The SMILES string of the molecule is CC1CC2CC(C1)C(NC(=O)c1cnc(-c3cn(C4CCC(F)(F)CC4)c4cc(OC5CCN(c6ncc(F)cn6)CC5)ccc34)nc1C(F)(F)F)(C(=O)O)C2. The number of nitrogens with one attached hydrogen (secondary N) is 1. The van der Waals surface area contributed by atoms with Crippen molar-refractivity contribution in [1.29, 1.82) is 0 Å². The van der Waals surface area contributed by atoms with E-state index in [-0.39, 0.29) is 61.4 Å². The summed E-state index contributed by atoms with van der Waals surface area (Å²) in [4.78, 5) is 44.4. The van der Waals surface area contributed by atoms with Crippen LogP contribution in [0.4, 0.5) is 32.3 Å². The zero-order chi connectivity index (χ0) is 39.6. The summed E-state index contributed by atoms with van der Waals surface area (Å²) in [6.07, 6.45) is 2.03. The molecule has 17 heteroatoms. The third kappa shape index (κ3) is 7.24. The van der Waals surface area contributed by atoms with Gasteiger partial charge in [0.25, 0.3) is 5.91 Å². The Balaban J connectivity index is 1.10. The minimum absolute atomic E-state index is 0.0374. The van der Waals surface area contributed by atoms with Crippen LogP contribution in [0.15, 0.2) is 43.0 Å². The Labute approximate surface area is 317 Å². The number of piperidine rings is 1. The van der Waals surface area contributed by atoms with Crippen LogP contribution >= 0.6 is 0 Å². The molecule has 3 saturated carbocycles. The fourth-order valence-corrected chi connectivity index (χ4v) is 9.49. The van der Waals surface area contributed by atoms with Crippen LogP contribution in [-0.4, -0.2) is 72.1 Å². The van der Waals surface area contributed by atoms with Crippen molar-refractivity contribution < 1.29 is 45.8 Å². The smallest absolute Gasteiger partial charge is 0.434 e. The van der Waals surface area contributed by atoms with E-state index in [0.717, 1.165) is 25.0 Å². The number of amides is 1. The third-order valence-electron chi connectivity index (χ3n) is 12.1. The standard InChI is InChI=1S/C39H41F6N7O4/c1-21-12-22-14-23(13-21)38(16-22,35(54)55)50-34(53)29-19-46-33(49-32(29)39(43,44)45)30-20-52(25-4-8-37(41,42)9-5-25)31-15-27(2-3-28(30)31)56-26-6-10-51(11-7-26)36-47-17-24(40)18-48-36/h2-3,15,17-23,25-26H,4-14,16H2,1H3,(H,50,53)(H,54,55). The summed E-state index contributed by atoms with van der Waals surface area (Å²) < 4.78 is 94.1. The van der Waals surface area contributed by atoms with Gasteiger partial charge in [-0.2, -0.15) is 13.2 Å². The van der Waals surface area contributed by atoms with Gasteiger partial charge in [-0.05, 0) is 68.4 Å². The highest BCUT2D eigenvalue weighted by atomic mass is 19.4. The lowest BCUT2D eigenvalue weighted by molar-refractivity contribution is -0.146. The number of ether oxygens (including phenoxy) is 1. The maximum absolute atomic E-state index is 14.7.